The number of benzene rings is 1. The molecule has 0 bridgehead atoms. The molecule has 152 valence electrons. The summed E-state index contributed by atoms with van der Waals surface area (Å²) < 4.78 is 27.0. The van der Waals surface area contributed by atoms with E-state index in [0.29, 0.717) is 4.88 Å². The van der Waals surface area contributed by atoms with Gasteiger partial charge in [0.1, 0.15) is 28.6 Å². The molecule has 3 aromatic rings. The molecule has 0 radical (unpaired) electrons. The van der Waals surface area contributed by atoms with Crippen molar-refractivity contribution in [2.45, 2.75) is 13.8 Å². The molecule has 29 heavy (non-hydrogen) atoms. The minimum atomic E-state index is -0.811. The molecule has 1 amide bonds. The molecule has 6 nitrogen and oxygen atoms in total. The molecular formula is C20H22F2N5OS+. The highest BCUT2D eigenvalue weighted by Gasteiger charge is 2.25. The summed E-state index contributed by atoms with van der Waals surface area (Å²) in [5, 5.41) is 3.40. The molecule has 1 aliphatic rings. The number of nitrogens with one attached hydrogen (secondary N) is 2. The number of rotatable bonds is 4. The predicted octanol–water partition coefficient (Wildman–Crippen LogP) is 2.26. The number of carbonyl (C=O) groups excluding carboxylic acids is 1. The maximum Gasteiger partial charge on any atom is 0.266 e. The van der Waals surface area contributed by atoms with E-state index >= 15 is 0 Å². The Hall–Kier alpha value is -2.65. The summed E-state index contributed by atoms with van der Waals surface area (Å²) >= 11 is 1.25. The minimum absolute atomic E-state index is 0.0572. The number of quaternary nitrogens is 1. The topological polar surface area (TPSA) is 62.6 Å². The molecule has 1 aliphatic heterocycles. The van der Waals surface area contributed by atoms with Crippen molar-refractivity contribution in [3.05, 3.63) is 46.6 Å². The summed E-state index contributed by atoms with van der Waals surface area (Å²) in [6.07, 6.45) is 1.52. The van der Waals surface area contributed by atoms with Gasteiger partial charge < -0.3 is 15.1 Å². The van der Waals surface area contributed by atoms with E-state index in [1.165, 1.54) is 23.7 Å². The number of anilines is 2. The van der Waals surface area contributed by atoms with Gasteiger partial charge in [0.25, 0.3) is 5.91 Å². The molecule has 0 atom stereocenters. The lowest BCUT2D eigenvalue weighted by atomic mass is 10.1. The van der Waals surface area contributed by atoms with Crippen molar-refractivity contribution in [2.75, 3.05) is 42.9 Å². The molecule has 3 heterocycles. The smallest absolute Gasteiger partial charge is 0.266 e. The first-order valence-corrected chi connectivity index (χ1v) is 10.4. The maximum absolute atomic E-state index is 13.9. The van der Waals surface area contributed by atoms with E-state index in [1.54, 1.807) is 4.90 Å². The first-order valence-electron chi connectivity index (χ1n) is 9.57. The Morgan fingerprint density at radius 1 is 1.28 bits per heavy atom. The Morgan fingerprint density at radius 2 is 2.03 bits per heavy atom. The lowest BCUT2D eigenvalue weighted by Crippen LogP contribution is -3.14. The van der Waals surface area contributed by atoms with Crippen LogP contribution in [0.3, 0.4) is 0 Å². The fourth-order valence-electron chi connectivity index (χ4n) is 3.67. The van der Waals surface area contributed by atoms with Crippen LogP contribution in [0.5, 0.6) is 0 Å². The van der Waals surface area contributed by atoms with Crippen molar-refractivity contribution in [1.29, 1.82) is 0 Å². The van der Waals surface area contributed by atoms with Gasteiger partial charge >= 0.3 is 0 Å². The zero-order chi connectivity index (χ0) is 20.5. The van der Waals surface area contributed by atoms with Crippen molar-refractivity contribution < 1.29 is 18.5 Å². The Kier molecular flexibility index (Phi) is 5.42. The number of thiophene rings is 1. The Labute approximate surface area is 171 Å². The molecule has 2 N–H and O–H groups in total. The van der Waals surface area contributed by atoms with E-state index < -0.39 is 17.5 Å². The second-order valence-electron chi connectivity index (χ2n) is 7.10. The molecular weight excluding hydrogens is 396 g/mol. The van der Waals surface area contributed by atoms with E-state index in [2.05, 4.69) is 27.1 Å². The quantitative estimate of drug-likeness (QED) is 0.682. The highest BCUT2D eigenvalue weighted by Crippen LogP contribution is 2.35. The van der Waals surface area contributed by atoms with E-state index in [4.69, 9.17) is 0 Å². The van der Waals surface area contributed by atoms with Crippen molar-refractivity contribution >= 4 is 39.0 Å². The van der Waals surface area contributed by atoms with Crippen LogP contribution in [-0.4, -0.2) is 48.6 Å². The highest BCUT2D eigenvalue weighted by molar-refractivity contribution is 7.20. The summed E-state index contributed by atoms with van der Waals surface area (Å²) in [6.45, 7) is 9.03. The van der Waals surface area contributed by atoms with Gasteiger partial charge in [0, 0.05) is 6.07 Å². The van der Waals surface area contributed by atoms with Crippen LogP contribution < -0.4 is 15.1 Å². The van der Waals surface area contributed by atoms with Crippen molar-refractivity contribution in [1.82, 2.24) is 9.97 Å². The van der Waals surface area contributed by atoms with E-state index in [0.717, 1.165) is 66.5 Å². The number of nitrogens with zero attached hydrogens (tertiary/aromatic N) is 3. The molecule has 1 saturated heterocycles. The van der Waals surface area contributed by atoms with Crippen LogP contribution in [0.2, 0.25) is 0 Å². The standard InChI is InChI=1S/C20H21F2N5OS/c1-3-26-6-8-27(9-7-26)18-16-12(2)17(29-20(16)24-11-23-18)19(28)25-15-5-4-13(21)10-14(15)22/h4-5,10-11H,3,6-9H2,1-2H3,(H,25,28)/p+1. The Balaban J connectivity index is 1.65. The lowest BCUT2D eigenvalue weighted by molar-refractivity contribution is -0.898. The third kappa shape index (κ3) is 3.79. The van der Waals surface area contributed by atoms with Gasteiger partial charge in [-0.2, -0.15) is 0 Å². The minimum Gasteiger partial charge on any atom is -0.345 e. The monoisotopic (exact) mass is 418 g/mol. The van der Waals surface area contributed by atoms with Crippen LogP contribution in [0.4, 0.5) is 20.3 Å². The summed E-state index contributed by atoms with van der Waals surface area (Å²) in [5.41, 5.74) is 0.712. The average molecular weight is 418 g/mol. The molecule has 0 spiro atoms. The van der Waals surface area contributed by atoms with Crippen LogP contribution >= 0.6 is 11.3 Å². The van der Waals surface area contributed by atoms with Gasteiger partial charge in [0.05, 0.1) is 48.7 Å². The summed E-state index contributed by atoms with van der Waals surface area (Å²) in [7, 11) is 0. The second kappa shape index (κ2) is 8.00. The number of carbonyl (C=O) groups is 1. The number of aromatic nitrogens is 2. The fourth-order valence-corrected chi connectivity index (χ4v) is 4.71. The van der Waals surface area contributed by atoms with Gasteiger partial charge in [-0.3, -0.25) is 4.79 Å². The highest BCUT2D eigenvalue weighted by atomic mass is 32.1. The number of piperazine rings is 1. The van der Waals surface area contributed by atoms with Crippen LogP contribution in [0.1, 0.15) is 22.2 Å². The number of aryl methyl sites for hydroxylation is 1. The van der Waals surface area contributed by atoms with E-state index in [-0.39, 0.29) is 5.69 Å². The molecule has 0 saturated carbocycles. The molecule has 4 rings (SSSR count). The SMILES string of the molecule is CC[NH+]1CCN(c2ncnc3sc(C(=O)Nc4ccc(F)cc4F)c(C)c23)CC1. The summed E-state index contributed by atoms with van der Waals surface area (Å²) in [5.74, 6) is -1.11. The van der Waals surface area contributed by atoms with Gasteiger partial charge in [0.15, 0.2) is 0 Å². The van der Waals surface area contributed by atoms with Gasteiger partial charge in [-0.15, -0.1) is 11.3 Å². The normalized spacial score (nSPS) is 15.1. The molecule has 0 aliphatic carbocycles. The number of hydrogen-bond donors (Lipinski definition) is 2. The number of likely N-dealkylation sites (N-methyl/N-ethyl adjacent to an activating group) is 1. The average Bonchev–Trinajstić information content (AvgIpc) is 3.07. The largest absolute Gasteiger partial charge is 0.345 e. The van der Waals surface area contributed by atoms with Crippen LogP contribution in [0.25, 0.3) is 10.2 Å². The number of amides is 1. The maximum atomic E-state index is 13.9. The zero-order valence-electron chi connectivity index (χ0n) is 16.3. The van der Waals surface area contributed by atoms with Crippen LogP contribution in [0.15, 0.2) is 24.5 Å². The van der Waals surface area contributed by atoms with Gasteiger partial charge in [0.2, 0.25) is 0 Å². The molecule has 2 aromatic heterocycles. The predicted molar refractivity (Wildman–Crippen MR) is 110 cm³/mol. The summed E-state index contributed by atoms with van der Waals surface area (Å²) in [6, 6.07) is 3.07. The van der Waals surface area contributed by atoms with E-state index in [9.17, 15) is 13.6 Å². The van der Waals surface area contributed by atoms with Crippen LogP contribution in [-0.2, 0) is 0 Å². The van der Waals surface area contributed by atoms with Gasteiger partial charge in [-0.1, -0.05) is 0 Å². The number of hydrogen-bond acceptors (Lipinski definition) is 5. The van der Waals surface area contributed by atoms with Gasteiger partial charge in [-0.05, 0) is 31.5 Å². The number of fused-ring (bicyclic) bond motifs is 1. The third-order valence-corrected chi connectivity index (χ3v) is 6.56. The first-order chi connectivity index (χ1) is 14.0. The Morgan fingerprint density at radius 3 is 2.72 bits per heavy atom. The van der Waals surface area contributed by atoms with E-state index in [1.807, 2.05) is 6.92 Å². The van der Waals surface area contributed by atoms with Crippen molar-refractivity contribution in [2.24, 2.45) is 0 Å². The second-order valence-corrected chi connectivity index (χ2v) is 8.10. The Bertz CT molecular complexity index is 1060. The van der Waals surface area contributed by atoms with Crippen molar-refractivity contribution in [3.8, 4) is 0 Å². The zero-order valence-corrected chi connectivity index (χ0v) is 17.1. The number of halogens is 2. The third-order valence-electron chi connectivity index (χ3n) is 5.36. The molecule has 1 fully saturated rings. The van der Waals surface area contributed by atoms with Crippen LogP contribution in [0, 0.1) is 18.6 Å². The molecule has 1 aromatic carbocycles. The molecule has 9 heteroatoms. The van der Waals surface area contributed by atoms with Crippen molar-refractivity contribution in [3.63, 3.8) is 0 Å². The first kappa shape index (κ1) is 19.7. The van der Waals surface area contributed by atoms with Gasteiger partial charge in [-0.25, -0.2) is 18.7 Å². The molecule has 0 unspecified atom stereocenters. The summed E-state index contributed by atoms with van der Waals surface area (Å²) in [4.78, 5) is 26.6. The fraction of sp³-hybridized carbons (Fsp3) is 0.350. The lowest BCUT2D eigenvalue weighted by Gasteiger charge is -2.32.